The van der Waals surface area contributed by atoms with Gasteiger partial charge in [0.25, 0.3) is 0 Å². The molecule has 2 aliphatic rings. The van der Waals surface area contributed by atoms with Gasteiger partial charge >= 0.3 is 0 Å². The number of likely N-dealkylation sites (tertiary alicyclic amines) is 1. The number of carbonyl (C=O) groups excluding carboxylic acids is 2. The maximum absolute atomic E-state index is 12.7. The van der Waals surface area contributed by atoms with Gasteiger partial charge in [-0.2, -0.15) is 0 Å². The van der Waals surface area contributed by atoms with Crippen LogP contribution in [0.15, 0.2) is 0 Å². The van der Waals surface area contributed by atoms with E-state index < -0.39 is 5.54 Å². The molecule has 0 aromatic carbocycles. The monoisotopic (exact) mass is 311 g/mol. The maximum Gasteiger partial charge on any atom is 0.237 e. The molecule has 126 valence electrons. The van der Waals surface area contributed by atoms with Crippen molar-refractivity contribution < 1.29 is 14.7 Å². The number of nitrogens with one attached hydrogen (secondary N) is 1. The number of aliphatic hydroxyl groups is 1. The second-order valence-corrected chi connectivity index (χ2v) is 6.73. The molecule has 22 heavy (non-hydrogen) atoms. The van der Waals surface area contributed by atoms with Crippen LogP contribution < -0.4 is 5.32 Å². The second-order valence-electron chi connectivity index (χ2n) is 6.73. The topological polar surface area (TPSA) is 72.9 Å². The van der Waals surface area contributed by atoms with E-state index in [1.54, 1.807) is 11.9 Å². The third kappa shape index (κ3) is 3.60. The highest BCUT2D eigenvalue weighted by molar-refractivity contribution is 5.82. The zero-order valence-corrected chi connectivity index (χ0v) is 13.8. The van der Waals surface area contributed by atoms with Gasteiger partial charge < -0.3 is 15.3 Å². The van der Waals surface area contributed by atoms with Crippen LogP contribution in [0.3, 0.4) is 0 Å². The van der Waals surface area contributed by atoms with Crippen molar-refractivity contribution in [1.29, 1.82) is 0 Å². The number of hydrogen-bond acceptors (Lipinski definition) is 4. The summed E-state index contributed by atoms with van der Waals surface area (Å²) in [5.41, 5.74) is -0.715. The van der Waals surface area contributed by atoms with Crippen molar-refractivity contribution in [3.05, 3.63) is 0 Å². The molecule has 2 N–H and O–H groups in total. The predicted molar refractivity (Wildman–Crippen MR) is 84.3 cm³/mol. The van der Waals surface area contributed by atoms with E-state index in [9.17, 15) is 14.7 Å². The van der Waals surface area contributed by atoms with E-state index in [1.165, 1.54) is 12.8 Å². The Labute approximate surface area is 132 Å². The lowest BCUT2D eigenvalue weighted by Crippen LogP contribution is -2.55. The number of rotatable bonds is 6. The van der Waals surface area contributed by atoms with Crippen LogP contribution in [-0.4, -0.2) is 72.1 Å². The van der Waals surface area contributed by atoms with Crippen LogP contribution in [0.1, 0.15) is 44.9 Å². The molecule has 1 atom stereocenters. The highest BCUT2D eigenvalue weighted by Crippen LogP contribution is 2.33. The quantitative estimate of drug-likeness (QED) is 0.742. The van der Waals surface area contributed by atoms with Gasteiger partial charge in [-0.3, -0.25) is 14.5 Å². The minimum Gasteiger partial charge on any atom is -0.394 e. The standard InChI is InChI=1S/C16H29N3O3/c1-17-14(21)10-16(12-20)8-5-9-19(16)15(22)11-18(2)13-6-3-4-7-13/h13,20H,3-12H2,1-2H3,(H,17,21). The molecule has 0 aromatic rings. The molecule has 0 bridgehead atoms. The first-order chi connectivity index (χ1) is 10.5. The number of amides is 2. The normalized spacial score (nSPS) is 25.9. The fourth-order valence-corrected chi connectivity index (χ4v) is 3.89. The van der Waals surface area contributed by atoms with E-state index in [2.05, 4.69) is 10.2 Å². The van der Waals surface area contributed by atoms with Gasteiger partial charge in [0.15, 0.2) is 0 Å². The lowest BCUT2D eigenvalue weighted by molar-refractivity contribution is -0.140. The van der Waals surface area contributed by atoms with Crippen molar-refractivity contribution in [3.8, 4) is 0 Å². The van der Waals surface area contributed by atoms with Gasteiger partial charge in [-0.1, -0.05) is 12.8 Å². The summed E-state index contributed by atoms with van der Waals surface area (Å²) in [7, 11) is 3.59. The first-order valence-electron chi connectivity index (χ1n) is 8.34. The highest BCUT2D eigenvalue weighted by atomic mass is 16.3. The Morgan fingerprint density at radius 3 is 2.59 bits per heavy atom. The number of likely N-dealkylation sites (N-methyl/N-ethyl adjacent to an activating group) is 1. The van der Waals surface area contributed by atoms with E-state index in [4.69, 9.17) is 0 Å². The van der Waals surface area contributed by atoms with Crippen molar-refractivity contribution in [2.75, 3.05) is 33.8 Å². The van der Waals surface area contributed by atoms with E-state index in [0.717, 1.165) is 19.3 Å². The van der Waals surface area contributed by atoms with Gasteiger partial charge in [-0.15, -0.1) is 0 Å². The molecule has 1 aliphatic heterocycles. The van der Waals surface area contributed by atoms with Crippen molar-refractivity contribution in [2.45, 2.75) is 56.5 Å². The molecule has 0 aromatic heterocycles. The molecule has 1 saturated heterocycles. The van der Waals surface area contributed by atoms with E-state index in [-0.39, 0.29) is 24.8 Å². The smallest absolute Gasteiger partial charge is 0.237 e. The Bertz CT molecular complexity index is 409. The second kappa shape index (κ2) is 7.42. The van der Waals surface area contributed by atoms with Gasteiger partial charge in [0.2, 0.25) is 11.8 Å². The van der Waals surface area contributed by atoms with Crippen molar-refractivity contribution in [1.82, 2.24) is 15.1 Å². The SMILES string of the molecule is CNC(=O)CC1(CO)CCCN1C(=O)CN(C)C1CCCC1. The largest absolute Gasteiger partial charge is 0.394 e. The maximum atomic E-state index is 12.7. The summed E-state index contributed by atoms with van der Waals surface area (Å²) in [6.07, 6.45) is 6.51. The van der Waals surface area contributed by atoms with Gasteiger partial charge in [0, 0.05) is 19.6 Å². The van der Waals surface area contributed by atoms with Crippen LogP contribution >= 0.6 is 0 Å². The van der Waals surface area contributed by atoms with Crippen LogP contribution in [0.4, 0.5) is 0 Å². The summed E-state index contributed by atoms with van der Waals surface area (Å²) < 4.78 is 0. The third-order valence-electron chi connectivity index (χ3n) is 5.29. The molecular formula is C16H29N3O3. The Hall–Kier alpha value is -1.14. The van der Waals surface area contributed by atoms with Crippen LogP contribution in [0.2, 0.25) is 0 Å². The van der Waals surface area contributed by atoms with E-state index in [1.807, 2.05) is 7.05 Å². The molecule has 2 rings (SSSR count). The van der Waals surface area contributed by atoms with Crippen molar-refractivity contribution in [3.63, 3.8) is 0 Å². The Balaban J connectivity index is 2.01. The molecule has 2 fully saturated rings. The summed E-state index contributed by atoms with van der Waals surface area (Å²) in [4.78, 5) is 28.3. The Kier molecular flexibility index (Phi) is 5.81. The zero-order valence-electron chi connectivity index (χ0n) is 13.8. The van der Waals surface area contributed by atoms with Crippen LogP contribution in [0.25, 0.3) is 0 Å². The number of hydrogen-bond donors (Lipinski definition) is 2. The number of nitrogens with zero attached hydrogens (tertiary/aromatic N) is 2. The summed E-state index contributed by atoms with van der Waals surface area (Å²) in [5, 5.41) is 12.4. The van der Waals surface area contributed by atoms with Crippen LogP contribution in [-0.2, 0) is 9.59 Å². The molecule has 2 amide bonds. The van der Waals surface area contributed by atoms with Crippen molar-refractivity contribution in [2.24, 2.45) is 0 Å². The molecule has 6 heteroatoms. The van der Waals surface area contributed by atoms with E-state index in [0.29, 0.717) is 25.6 Å². The van der Waals surface area contributed by atoms with Crippen molar-refractivity contribution >= 4 is 11.8 Å². The average molecular weight is 311 g/mol. The number of carbonyl (C=O) groups is 2. The summed E-state index contributed by atoms with van der Waals surface area (Å²) in [6.45, 7) is 0.856. The molecule has 0 radical (unpaired) electrons. The van der Waals surface area contributed by atoms with Gasteiger partial charge in [-0.25, -0.2) is 0 Å². The van der Waals surface area contributed by atoms with E-state index >= 15 is 0 Å². The number of aliphatic hydroxyl groups excluding tert-OH is 1. The Morgan fingerprint density at radius 2 is 2.00 bits per heavy atom. The fourth-order valence-electron chi connectivity index (χ4n) is 3.89. The zero-order chi connectivity index (χ0) is 16.2. The lowest BCUT2D eigenvalue weighted by Gasteiger charge is -2.38. The van der Waals surface area contributed by atoms with Crippen LogP contribution in [0, 0.1) is 0 Å². The van der Waals surface area contributed by atoms with Gasteiger partial charge in [0.05, 0.1) is 25.1 Å². The fraction of sp³-hybridized carbons (Fsp3) is 0.875. The molecule has 1 unspecified atom stereocenters. The molecule has 6 nitrogen and oxygen atoms in total. The average Bonchev–Trinajstić information content (AvgIpc) is 3.16. The summed E-state index contributed by atoms with van der Waals surface area (Å²) >= 11 is 0. The van der Waals surface area contributed by atoms with Gasteiger partial charge in [-0.05, 0) is 32.7 Å². The minimum absolute atomic E-state index is 0.0323. The Morgan fingerprint density at radius 1 is 1.32 bits per heavy atom. The molecular weight excluding hydrogens is 282 g/mol. The minimum atomic E-state index is -0.715. The summed E-state index contributed by atoms with van der Waals surface area (Å²) in [6, 6.07) is 0.494. The van der Waals surface area contributed by atoms with Gasteiger partial charge in [0.1, 0.15) is 0 Å². The predicted octanol–water partition coefficient (Wildman–Crippen LogP) is 0.350. The summed E-state index contributed by atoms with van der Waals surface area (Å²) in [5.74, 6) is -0.0947. The highest BCUT2D eigenvalue weighted by Gasteiger charge is 2.44. The molecule has 1 aliphatic carbocycles. The molecule has 0 spiro atoms. The lowest BCUT2D eigenvalue weighted by atomic mass is 9.92. The van der Waals surface area contributed by atoms with Crippen LogP contribution in [0.5, 0.6) is 0 Å². The first-order valence-corrected chi connectivity index (χ1v) is 8.34. The molecule has 1 saturated carbocycles. The first kappa shape index (κ1) is 17.2. The third-order valence-corrected chi connectivity index (χ3v) is 5.29. The molecule has 1 heterocycles.